The molecule has 0 aromatic heterocycles. The van der Waals surface area contributed by atoms with E-state index in [2.05, 4.69) is 72.8 Å². The van der Waals surface area contributed by atoms with E-state index in [1.54, 1.807) is 0 Å². The van der Waals surface area contributed by atoms with E-state index < -0.39 is 7.69 Å². The minimum atomic E-state index is -0.750. The van der Waals surface area contributed by atoms with Gasteiger partial charge < -0.3 is 10.0 Å². The zero-order valence-corrected chi connectivity index (χ0v) is 11.5. The van der Waals surface area contributed by atoms with Crippen molar-refractivity contribution in [3.05, 3.63) is 72.8 Å². The number of hydrogen-bond acceptors (Lipinski definition) is 2. The molecular weight excluding hydrogens is 259 g/mol. The standard InChI is InChI=1S/C18H12.BH3O2/c1-3-7-13(8-4-1)16-11-15-12-17(15)18(16)14-9-5-2-6-10-14;2-1-3/h1-12H;1-3H. The van der Waals surface area contributed by atoms with Gasteiger partial charge in [0.1, 0.15) is 0 Å². The van der Waals surface area contributed by atoms with Crippen molar-refractivity contribution in [1.82, 2.24) is 0 Å². The second-order valence-electron chi connectivity index (χ2n) is 4.82. The van der Waals surface area contributed by atoms with E-state index in [1.807, 2.05) is 0 Å². The predicted octanol–water partition coefficient (Wildman–Crippen LogP) is 3.24. The van der Waals surface area contributed by atoms with Crippen LogP contribution in [-0.4, -0.2) is 17.7 Å². The fraction of sp³-hybridized carbons (Fsp3) is 0. The number of hydrogen-bond donors (Lipinski definition) is 2. The molecule has 2 N–H and O–H groups in total. The van der Waals surface area contributed by atoms with Crippen LogP contribution in [0.2, 0.25) is 0 Å². The Bertz CT molecular complexity index is 740. The molecule has 2 aliphatic carbocycles. The summed E-state index contributed by atoms with van der Waals surface area (Å²) in [7, 11) is -0.750. The highest BCUT2D eigenvalue weighted by molar-refractivity contribution is 6.13. The molecule has 0 saturated carbocycles. The van der Waals surface area contributed by atoms with E-state index in [1.165, 1.54) is 33.4 Å². The maximum absolute atomic E-state index is 7.12. The lowest BCUT2D eigenvalue weighted by atomic mass is 9.98. The fourth-order valence-corrected chi connectivity index (χ4v) is 2.59. The molecule has 21 heavy (non-hydrogen) atoms. The Morgan fingerprint density at radius 1 is 0.571 bits per heavy atom. The van der Waals surface area contributed by atoms with Crippen LogP contribution in [0.3, 0.4) is 0 Å². The third-order valence-corrected chi connectivity index (χ3v) is 3.51. The van der Waals surface area contributed by atoms with Gasteiger partial charge >= 0.3 is 7.69 Å². The highest BCUT2D eigenvalue weighted by Crippen LogP contribution is 2.50. The summed E-state index contributed by atoms with van der Waals surface area (Å²) in [5.74, 6) is 0. The summed E-state index contributed by atoms with van der Waals surface area (Å²) in [4.78, 5) is 0. The third kappa shape index (κ3) is 2.75. The van der Waals surface area contributed by atoms with Crippen LogP contribution in [0.25, 0.3) is 33.4 Å². The Kier molecular flexibility index (Phi) is 3.86. The first-order chi connectivity index (χ1) is 10.3. The first kappa shape index (κ1) is 13.6. The van der Waals surface area contributed by atoms with Crippen LogP contribution in [0.5, 0.6) is 0 Å². The van der Waals surface area contributed by atoms with Crippen molar-refractivity contribution < 1.29 is 10.0 Å². The van der Waals surface area contributed by atoms with Crippen LogP contribution in [0, 0.1) is 0 Å². The molecule has 0 amide bonds. The van der Waals surface area contributed by atoms with Crippen molar-refractivity contribution in [2.45, 2.75) is 0 Å². The number of rotatable bonds is 2. The van der Waals surface area contributed by atoms with Gasteiger partial charge in [-0.25, -0.2) is 0 Å². The monoisotopic (exact) mass is 274 g/mol. The summed E-state index contributed by atoms with van der Waals surface area (Å²) in [6.45, 7) is 0. The van der Waals surface area contributed by atoms with Crippen LogP contribution in [-0.2, 0) is 0 Å². The van der Waals surface area contributed by atoms with Gasteiger partial charge in [0, 0.05) is 0 Å². The summed E-state index contributed by atoms with van der Waals surface area (Å²) < 4.78 is 0. The SMILES string of the molecule is OBO.c1ccc(-c2cc3cc-3c2-c2ccccc2)cc1. The smallest absolute Gasteiger partial charge is 0.430 e. The molecule has 0 unspecified atom stereocenters. The Morgan fingerprint density at radius 2 is 1.00 bits per heavy atom. The Balaban J connectivity index is 0.000000409. The molecule has 0 saturated heterocycles. The summed E-state index contributed by atoms with van der Waals surface area (Å²) in [5.41, 5.74) is 8.17. The minimum absolute atomic E-state index is 0.750. The zero-order valence-electron chi connectivity index (χ0n) is 11.5. The molecule has 0 fully saturated rings. The predicted molar refractivity (Wildman–Crippen MR) is 87.9 cm³/mol. The second-order valence-corrected chi connectivity index (χ2v) is 4.82. The maximum atomic E-state index is 7.12. The first-order valence-corrected chi connectivity index (χ1v) is 6.86. The summed E-state index contributed by atoms with van der Waals surface area (Å²) in [6.07, 6.45) is 0. The Morgan fingerprint density at radius 3 is 1.52 bits per heavy atom. The van der Waals surface area contributed by atoms with Gasteiger partial charge in [0.25, 0.3) is 0 Å². The Hall–Kier alpha value is -2.36. The van der Waals surface area contributed by atoms with Gasteiger partial charge in [0.05, 0.1) is 0 Å². The summed E-state index contributed by atoms with van der Waals surface area (Å²) in [5, 5.41) is 14.2. The largest absolute Gasteiger partial charge is 0.432 e. The molecule has 3 heteroatoms. The van der Waals surface area contributed by atoms with Gasteiger partial charge in [0.15, 0.2) is 0 Å². The van der Waals surface area contributed by atoms with Crippen molar-refractivity contribution >= 4 is 7.69 Å². The molecule has 0 atom stereocenters. The molecule has 102 valence electrons. The lowest BCUT2D eigenvalue weighted by Gasteiger charge is -2.05. The van der Waals surface area contributed by atoms with Gasteiger partial charge in [0.2, 0.25) is 0 Å². The molecule has 0 heterocycles. The average molecular weight is 274 g/mol. The average Bonchev–Trinajstić information content (AvgIpc) is 3.20. The lowest BCUT2D eigenvalue weighted by molar-refractivity contribution is 0.448. The number of benzene rings is 3. The maximum Gasteiger partial charge on any atom is 0.432 e. The highest BCUT2D eigenvalue weighted by atomic mass is 16.4. The molecule has 2 nitrogen and oxygen atoms in total. The topological polar surface area (TPSA) is 40.5 Å². The van der Waals surface area contributed by atoms with E-state index >= 15 is 0 Å². The van der Waals surface area contributed by atoms with Crippen molar-refractivity contribution in [3.63, 3.8) is 0 Å². The van der Waals surface area contributed by atoms with Gasteiger partial charge in [-0.05, 0) is 45.5 Å². The van der Waals surface area contributed by atoms with Gasteiger partial charge in [-0.2, -0.15) is 0 Å². The van der Waals surface area contributed by atoms with Crippen LogP contribution in [0.15, 0.2) is 72.8 Å². The van der Waals surface area contributed by atoms with Crippen molar-refractivity contribution in [3.8, 4) is 33.4 Å². The molecule has 2 aromatic rings. The lowest BCUT2D eigenvalue weighted by Crippen LogP contribution is -1.79. The first-order valence-electron chi connectivity index (χ1n) is 6.86. The fourth-order valence-electron chi connectivity index (χ4n) is 2.59. The van der Waals surface area contributed by atoms with Gasteiger partial charge in [-0.3, -0.25) is 0 Å². The van der Waals surface area contributed by atoms with Crippen LogP contribution >= 0.6 is 0 Å². The molecule has 2 aliphatic rings. The summed E-state index contributed by atoms with van der Waals surface area (Å²) >= 11 is 0. The van der Waals surface area contributed by atoms with E-state index in [0.717, 1.165) is 0 Å². The Labute approximate surface area is 124 Å². The van der Waals surface area contributed by atoms with Crippen LogP contribution in [0.4, 0.5) is 0 Å². The van der Waals surface area contributed by atoms with E-state index in [0.29, 0.717) is 0 Å². The van der Waals surface area contributed by atoms with Gasteiger partial charge in [-0.1, -0.05) is 60.7 Å². The zero-order chi connectivity index (χ0) is 14.7. The second kappa shape index (κ2) is 5.96. The normalized spacial score (nSPS) is 10.4. The molecule has 4 rings (SSSR count). The van der Waals surface area contributed by atoms with E-state index in [9.17, 15) is 0 Å². The van der Waals surface area contributed by atoms with Crippen molar-refractivity contribution in [2.75, 3.05) is 0 Å². The minimum Gasteiger partial charge on any atom is -0.430 e. The van der Waals surface area contributed by atoms with Crippen LogP contribution in [0.1, 0.15) is 0 Å². The molecule has 0 radical (unpaired) electrons. The molecular formula is C18H15BO2. The summed E-state index contributed by atoms with van der Waals surface area (Å²) in [6, 6.07) is 25.8. The highest BCUT2D eigenvalue weighted by Gasteiger charge is 2.24. The van der Waals surface area contributed by atoms with Gasteiger partial charge in [-0.15, -0.1) is 0 Å². The molecule has 0 aliphatic heterocycles. The third-order valence-electron chi connectivity index (χ3n) is 3.51. The van der Waals surface area contributed by atoms with E-state index in [4.69, 9.17) is 10.0 Å². The van der Waals surface area contributed by atoms with E-state index in [-0.39, 0.29) is 0 Å². The number of fused-ring (bicyclic) bond motifs is 1. The quantitative estimate of drug-likeness (QED) is 0.551. The molecule has 0 bridgehead atoms. The van der Waals surface area contributed by atoms with Crippen molar-refractivity contribution in [1.29, 1.82) is 0 Å². The van der Waals surface area contributed by atoms with Crippen LogP contribution < -0.4 is 0 Å². The molecule has 2 aromatic carbocycles. The molecule has 0 spiro atoms. The van der Waals surface area contributed by atoms with Crippen molar-refractivity contribution in [2.24, 2.45) is 0 Å².